The lowest BCUT2D eigenvalue weighted by molar-refractivity contribution is 0.197. The zero-order valence-corrected chi connectivity index (χ0v) is 9.52. The predicted molar refractivity (Wildman–Crippen MR) is 60.6 cm³/mol. The van der Waals surface area contributed by atoms with Gasteiger partial charge >= 0.3 is 6.09 Å². The van der Waals surface area contributed by atoms with Crippen LogP contribution in [0.25, 0.3) is 10.9 Å². The molecule has 0 aromatic carbocycles. The molecule has 0 spiro atoms. The lowest BCUT2D eigenvalue weighted by Crippen LogP contribution is -2.09. The summed E-state index contributed by atoms with van der Waals surface area (Å²) in [5.41, 5.74) is 1.38. The summed E-state index contributed by atoms with van der Waals surface area (Å²) >= 11 is 2.14. The first-order valence-electron chi connectivity index (χ1n) is 3.96. The van der Waals surface area contributed by atoms with Crippen LogP contribution in [-0.4, -0.2) is 20.8 Å². The Bertz CT molecular complexity index is 519. The van der Waals surface area contributed by atoms with E-state index in [2.05, 4.69) is 27.6 Å². The molecule has 0 unspecified atom stereocenters. The van der Waals surface area contributed by atoms with Crippen LogP contribution in [0, 0.1) is 10.5 Å². The van der Waals surface area contributed by atoms with Crippen LogP contribution >= 0.6 is 22.6 Å². The van der Waals surface area contributed by atoms with Crippen molar-refractivity contribution in [3.05, 3.63) is 27.7 Å². The number of hydrogen-bond donors (Lipinski definition) is 1. The second kappa shape index (κ2) is 3.23. The maximum Gasteiger partial charge on any atom is 0.416 e. The van der Waals surface area contributed by atoms with Crippen molar-refractivity contribution in [1.29, 1.82) is 0 Å². The molecule has 14 heavy (non-hydrogen) atoms. The van der Waals surface area contributed by atoms with Crippen LogP contribution in [0.3, 0.4) is 0 Å². The number of fused-ring (bicyclic) bond motifs is 1. The van der Waals surface area contributed by atoms with Crippen molar-refractivity contribution in [3.8, 4) is 0 Å². The first-order chi connectivity index (χ1) is 6.63. The summed E-state index contributed by atoms with van der Waals surface area (Å²) in [7, 11) is 0. The van der Waals surface area contributed by atoms with Gasteiger partial charge in [0.05, 0.1) is 11.7 Å². The minimum atomic E-state index is -0.969. The minimum Gasteiger partial charge on any atom is -0.464 e. The maximum absolute atomic E-state index is 11.0. The Hall–Kier alpha value is -1.11. The van der Waals surface area contributed by atoms with E-state index in [1.165, 1.54) is 4.57 Å². The molecule has 0 aliphatic heterocycles. The normalized spacial score (nSPS) is 10.7. The molecule has 0 saturated heterocycles. The number of aromatic nitrogens is 2. The fraction of sp³-hybridized carbons (Fsp3) is 0.111. The largest absolute Gasteiger partial charge is 0.464 e. The molecule has 4 nitrogen and oxygen atoms in total. The first kappa shape index (κ1) is 9.45. The predicted octanol–water partition coefficient (Wildman–Crippen LogP) is 2.48. The lowest BCUT2D eigenvalue weighted by atomic mass is 10.3. The van der Waals surface area contributed by atoms with Gasteiger partial charge in [0.25, 0.3) is 0 Å². The highest BCUT2D eigenvalue weighted by Crippen LogP contribution is 2.25. The standard InChI is InChI=1S/C9H7IN2O2/c1-5-8(10)6-2-3-11-4-7(6)12(5)9(13)14/h2-4H,1H3,(H,13,14). The SMILES string of the molecule is Cc1c(I)c2ccncc2n1C(=O)O. The van der Waals surface area contributed by atoms with E-state index < -0.39 is 6.09 Å². The van der Waals surface area contributed by atoms with E-state index >= 15 is 0 Å². The molecule has 72 valence electrons. The lowest BCUT2D eigenvalue weighted by Gasteiger charge is -1.98. The number of nitrogens with zero attached hydrogens (tertiary/aromatic N) is 2. The van der Waals surface area contributed by atoms with Gasteiger partial charge in [-0.2, -0.15) is 0 Å². The van der Waals surface area contributed by atoms with Gasteiger partial charge < -0.3 is 5.11 Å². The Morgan fingerprint density at radius 3 is 3.00 bits per heavy atom. The van der Waals surface area contributed by atoms with Crippen molar-refractivity contribution in [1.82, 2.24) is 9.55 Å². The zero-order valence-electron chi connectivity index (χ0n) is 7.36. The molecule has 2 aromatic rings. The fourth-order valence-corrected chi connectivity index (χ4v) is 2.17. The third-order valence-electron chi connectivity index (χ3n) is 2.12. The summed E-state index contributed by atoms with van der Waals surface area (Å²) in [5, 5.41) is 9.94. The van der Waals surface area contributed by atoms with Crippen LogP contribution in [0.4, 0.5) is 4.79 Å². The molecular formula is C9H7IN2O2. The summed E-state index contributed by atoms with van der Waals surface area (Å²) in [6.07, 6.45) is 2.26. The molecule has 0 aliphatic carbocycles. The van der Waals surface area contributed by atoms with Crippen molar-refractivity contribution in [3.63, 3.8) is 0 Å². The zero-order chi connectivity index (χ0) is 10.3. The van der Waals surface area contributed by atoms with Gasteiger partial charge in [0.15, 0.2) is 0 Å². The Balaban J connectivity index is 2.95. The van der Waals surface area contributed by atoms with E-state index in [4.69, 9.17) is 5.11 Å². The Morgan fingerprint density at radius 1 is 1.64 bits per heavy atom. The van der Waals surface area contributed by atoms with Crippen LogP contribution < -0.4 is 0 Å². The molecule has 0 bridgehead atoms. The van der Waals surface area contributed by atoms with Crippen LogP contribution in [0.5, 0.6) is 0 Å². The summed E-state index contributed by atoms with van der Waals surface area (Å²) in [6.45, 7) is 1.79. The first-order valence-corrected chi connectivity index (χ1v) is 5.04. The quantitative estimate of drug-likeness (QED) is 0.761. The second-order valence-electron chi connectivity index (χ2n) is 2.91. The van der Waals surface area contributed by atoms with E-state index in [0.29, 0.717) is 5.52 Å². The number of halogens is 1. The molecule has 0 amide bonds. The topological polar surface area (TPSA) is 55.1 Å². The van der Waals surface area contributed by atoms with E-state index in [1.807, 2.05) is 6.07 Å². The summed E-state index contributed by atoms with van der Waals surface area (Å²) in [5.74, 6) is 0. The average Bonchev–Trinajstić information content (AvgIpc) is 2.41. The van der Waals surface area contributed by atoms with Crippen molar-refractivity contribution < 1.29 is 9.90 Å². The highest BCUT2D eigenvalue weighted by molar-refractivity contribution is 14.1. The van der Waals surface area contributed by atoms with Crippen LogP contribution in [0.1, 0.15) is 5.69 Å². The van der Waals surface area contributed by atoms with Gasteiger partial charge in [-0.05, 0) is 35.6 Å². The Morgan fingerprint density at radius 2 is 2.36 bits per heavy atom. The van der Waals surface area contributed by atoms with Crippen molar-refractivity contribution >= 4 is 39.6 Å². The van der Waals surface area contributed by atoms with Gasteiger partial charge in [-0.25, -0.2) is 9.36 Å². The Kier molecular flexibility index (Phi) is 2.18. The van der Waals surface area contributed by atoms with Gasteiger partial charge in [-0.1, -0.05) is 0 Å². The smallest absolute Gasteiger partial charge is 0.416 e. The summed E-state index contributed by atoms with van der Waals surface area (Å²) < 4.78 is 2.21. The molecule has 1 N–H and O–H groups in total. The molecule has 0 atom stereocenters. The molecule has 2 heterocycles. The number of pyridine rings is 1. The maximum atomic E-state index is 11.0. The van der Waals surface area contributed by atoms with E-state index in [9.17, 15) is 4.79 Å². The van der Waals surface area contributed by atoms with Gasteiger partial charge in [0.1, 0.15) is 0 Å². The Labute approximate surface area is 93.7 Å². The van der Waals surface area contributed by atoms with Crippen molar-refractivity contribution in [2.24, 2.45) is 0 Å². The fourth-order valence-electron chi connectivity index (χ4n) is 1.47. The molecule has 2 aromatic heterocycles. The molecule has 5 heteroatoms. The van der Waals surface area contributed by atoms with E-state index in [1.54, 1.807) is 19.3 Å². The average molecular weight is 302 g/mol. The summed E-state index contributed by atoms with van der Waals surface area (Å²) in [4.78, 5) is 14.9. The minimum absolute atomic E-state index is 0.641. The van der Waals surface area contributed by atoms with Crippen LogP contribution in [0.2, 0.25) is 0 Å². The highest BCUT2D eigenvalue weighted by atomic mass is 127. The van der Waals surface area contributed by atoms with Gasteiger partial charge in [-0.15, -0.1) is 0 Å². The summed E-state index contributed by atoms with van der Waals surface area (Å²) in [6, 6.07) is 1.82. The van der Waals surface area contributed by atoms with Crippen LogP contribution in [-0.2, 0) is 0 Å². The van der Waals surface area contributed by atoms with E-state index in [-0.39, 0.29) is 0 Å². The number of carbonyl (C=O) groups is 1. The van der Waals surface area contributed by atoms with Crippen molar-refractivity contribution in [2.45, 2.75) is 6.92 Å². The molecule has 0 fully saturated rings. The second-order valence-corrected chi connectivity index (χ2v) is 3.99. The van der Waals surface area contributed by atoms with Gasteiger partial charge in [0.2, 0.25) is 0 Å². The molecule has 2 rings (SSSR count). The highest BCUT2D eigenvalue weighted by Gasteiger charge is 2.15. The van der Waals surface area contributed by atoms with Gasteiger partial charge in [0, 0.05) is 20.8 Å². The van der Waals surface area contributed by atoms with Crippen molar-refractivity contribution in [2.75, 3.05) is 0 Å². The third kappa shape index (κ3) is 1.19. The molecule has 0 radical (unpaired) electrons. The third-order valence-corrected chi connectivity index (χ3v) is 3.48. The number of rotatable bonds is 0. The van der Waals surface area contributed by atoms with E-state index in [0.717, 1.165) is 14.7 Å². The van der Waals surface area contributed by atoms with Crippen LogP contribution in [0.15, 0.2) is 18.5 Å². The molecule has 0 saturated carbocycles. The van der Waals surface area contributed by atoms with Gasteiger partial charge in [-0.3, -0.25) is 4.98 Å². The molecular weight excluding hydrogens is 295 g/mol. The molecule has 0 aliphatic rings. The number of hydrogen-bond acceptors (Lipinski definition) is 2. The number of carboxylic acid groups (broad SMARTS) is 1. The monoisotopic (exact) mass is 302 g/mol.